The first kappa shape index (κ1) is 18.1. The maximum atomic E-state index is 12.6. The molecule has 28 heavy (non-hydrogen) atoms. The molecular formula is C21H18ClN3O3. The van der Waals surface area contributed by atoms with Crippen molar-refractivity contribution in [2.45, 2.75) is 20.0 Å². The zero-order chi connectivity index (χ0) is 19.7. The number of aromatic amines is 1. The van der Waals surface area contributed by atoms with Gasteiger partial charge in [0.2, 0.25) is 0 Å². The summed E-state index contributed by atoms with van der Waals surface area (Å²) in [7, 11) is 0. The zero-order valence-corrected chi connectivity index (χ0v) is 16.1. The quantitative estimate of drug-likeness (QED) is 0.466. The van der Waals surface area contributed by atoms with Crippen molar-refractivity contribution in [2.24, 2.45) is 0 Å². The number of carbonyl (C=O) groups excluding carboxylic acids is 1. The standard InChI is InChI=1S/C21H18ClN3O3/c1-12(2)27-19-7-6-13(10-15(19)22)20-11-18(25-28-20)21(26)24-17-5-3-4-16-14(17)8-9-23-16/h3-12,23H,1-2H3,(H,24,26). The van der Waals surface area contributed by atoms with E-state index in [1.807, 2.05) is 50.4 Å². The van der Waals surface area contributed by atoms with Crippen molar-refractivity contribution in [1.82, 2.24) is 10.1 Å². The van der Waals surface area contributed by atoms with Crippen molar-refractivity contribution in [1.29, 1.82) is 0 Å². The van der Waals surface area contributed by atoms with Gasteiger partial charge in [-0.1, -0.05) is 22.8 Å². The average molecular weight is 396 g/mol. The third-order valence-electron chi connectivity index (χ3n) is 4.17. The molecule has 2 N–H and O–H groups in total. The number of aromatic nitrogens is 2. The van der Waals surface area contributed by atoms with Crippen LogP contribution in [0.5, 0.6) is 5.75 Å². The highest BCUT2D eigenvalue weighted by molar-refractivity contribution is 6.32. The zero-order valence-electron chi connectivity index (χ0n) is 15.3. The monoisotopic (exact) mass is 395 g/mol. The van der Waals surface area contributed by atoms with E-state index in [0.717, 1.165) is 10.9 Å². The van der Waals surface area contributed by atoms with Crippen molar-refractivity contribution in [3.63, 3.8) is 0 Å². The third kappa shape index (κ3) is 3.59. The lowest BCUT2D eigenvalue weighted by atomic mass is 10.1. The number of halogens is 1. The van der Waals surface area contributed by atoms with Crippen LogP contribution in [0.4, 0.5) is 5.69 Å². The smallest absolute Gasteiger partial charge is 0.277 e. The molecule has 1 amide bonds. The van der Waals surface area contributed by atoms with Crippen molar-refractivity contribution < 1.29 is 14.1 Å². The van der Waals surface area contributed by atoms with Gasteiger partial charge in [0.05, 0.1) is 16.8 Å². The first-order valence-corrected chi connectivity index (χ1v) is 9.20. The molecule has 2 aromatic heterocycles. The lowest BCUT2D eigenvalue weighted by Crippen LogP contribution is -2.12. The van der Waals surface area contributed by atoms with Crippen molar-refractivity contribution in [3.8, 4) is 17.1 Å². The maximum absolute atomic E-state index is 12.6. The van der Waals surface area contributed by atoms with Gasteiger partial charge in [0.1, 0.15) is 5.75 Å². The van der Waals surface area contributed by atoms with Crippen LogP contribution >= 0.6 is 11.6 Å². The van der Waals surface area contributed by atoms with Crippen molar-refractivity contribution in [2.75, 3.05) is 5.32 Å². The summed E-state index contributed by atoms with van der Waals surface area (Å²) in [4.78, 5) is 15.7. The van der Waals surface area contributed by atoms with Crippen LogP contribution in [-0.2, 0) is 0 Å². The van der Waals surface area contributed by atoms with Gasteiger partial charge in [-0.3, -0.25) is 4.79 Å². The molecule has 0 atom stereocenters. The summed E-state index contributed by atoms with van der Waals surface area (Å²) < 4.78 is 11.0. The van der Waals surface area contributed by atoms with E-state index < -0.39 is 0 Å². The third-order valence-corrected chi connectivity index (χ3v) is 4.46. The molecule has 4 aromatic rings. The topological polar surface area (TPSA) is 80.1 Å². The first-order valence-electron chi connectivity index (χ1n) is 8.82. The number of benzene rings is 2. The molecule has 2 heterocycles. The van der Waals surface area contributed by atoms with E-state index >= 15 is 0 Å². The Morgan fingerprint density at radius 2 is 2.07 bits per heavy atom. The van der Waals surface area contributed by atoms with E-state index in [1.54, 1.807) is 18.2 Å². The van der Waals surface area contributed by atoms with Gasteiger partial charge >= 0.3 is 0 Å². The molecule has 0 aliphatic heterocycles. The van der Waals surface area contributed by atoms with E-state index in [2.05, 4.69) is 15.5 Å². The van der Waals surface area contributed by atoms with Crippen LogP contribution in [0.15, 0.2) is 59.3 Å². The highest BCUT2D eigenvalue weighted by Crippen LogP contribution is 2.31. The lowest BCUT2D eigenvalue weighted by Gasteiger charge is -2.11. The second-order valence-corrected chi connectivity index (χ2v) is 6.99. The van der Waals surface area contributed by atoms with E-state index in [4.69, 9.17) is 20.9 Å². The van der Waals surface area contributed by atoms with Gasteiger partial charge in [-0.2, -0.15) is 0 Å². The molecule has 4 rings (SSSR count). The number of anilines is 1. The molecule has 0 unspecified atom stereocenters. The molecule has 0 radical (unpaired) electrons. The van der Waals surface area contributed by atoms with E-state index in [9.17, 15) is 4.79 Å². The van der Waals surface area contributed by atoms with Crippen LogP contribution in [0.2, 0.25) is 5.02 Å². The van der Waals surface area contributed by atoms with Gasteiger partial charge in [-0.15, -0.1) is 0 Å². The summed E-state index contributed by atoms with van der Waals surface area (Å²) in [6.45, 7) is 3.86. The minimum absolute atomic E-state index is 0.0217. The number of carbonyl (C=O) groups is 1. The lowest BCUT2D eigenvalue weighted by molar-refractivity contribution is 0.101. The minimum Gasteiger partial charge on any atom is -0.489 e. The predicted octanol–water partition coefficient (Wildman–Crippen LogP) is 5.52. The fraction of sp³-hybridized carbons (Fsp3) is 0.143. The Hall–Kier alpha value is -3.25. The molecule has 0 bridgehead atoms. The molecule has 2 aromatic carbocycles. The van der Waals surface area contributed by atoms with E-state index in [1.165, 1.54) is 0 Å². The van der Waals surface area contributed by atoms with Gasteiger partial charge < -0.3 is 19.6 Å². The summed E-state index contributed by atoms with van der Waals surface area (Å²) in [5.41, 5.74) is 2.53. The fourth-order valence-electron chi connectivity index (χ4n) is 2.90. The van der Waals surface area contributed by atoms with Gasteiger partial charge in [0.25, 0.3) is 5.91 Å². The van der Waals surface area contributed by atoms with E-state index in [-0.39, 0.29) is 17.7 Å². The first-order chi connectivity index (χ1) is 13.5. The Bertz CT molecular complexity index is 1150. The highest BCUT2D eigenvalue weighted by Gasteiger charge is 2.16. The molecule has 0 saturated heterocycles. The molecule has 0 spiro atoms. The fourth-order valence-corrected chi connectivity index (χ4v) is 3.13. The number of fused-ring (bicyclic) bond motifs is 1. The van der Waals surface area contributed by atoms with Crippen LogP contribution in [0.1, 0.15) is 24.3 Å². The van der Waals surface area contributed by atoms with Crippen LogP contribution in [0.3, 0.4) is 0 Å². The Kier molecular flexibility index (Phi) is 4.79. The second-order valence-electron chi connectivity index (χ2n) is 6.59. The molecule has 142 valence electrons. The van der Waals surface area contributed by atoms with E-state index in [0.29, 0.717) is 27.8 Å². The highest BCUT2D eigenvalue weighted by atomic mass is 35.5. The molecule has 7 heteroatoms. The van der Waals surface area contributed by atoms with Crippen molar-refractivity contribution in [3.05, 3.63) is 65.4 Å². The molecule has 0 saturated carbocycles. The Balaban J connectivity index is 1.55. The number of ether oxygens (including phenoxy) is 1. The van der Waals surface area contributed by atoms with Gasteiger partial charge in [-0.05, 0) is 50.2 Å². The minimum atomic E-state index is -0.352. The van der Waals surface area contributed by atoms with Gasteiger partial charge in [0, 0.05) is 28.7 Å². The van der Waals surface area contributed by atoms with Crippen LogP contribution in [0.25, 0.3) is 22.2 Å². The summed E-state index contributed by atoms with van der Waals surface area (Å²) >= 11 is 6.28. The summed E-state index contributed by atoms with van der Waals surface area (Å²) in [5, 5.41) is 8.14. The number of amides is 1. The largest absolute Gasteiger partial charge is 0.489 e. The maximum Gasteiger partial charge on any atom is 0.277 e. The molecule has 6 nitrogen and oxygen atoms in total. The number of hydrogen-bond donors (Lipinski definition) is 2. The van der Waals surface area contributed by atoms with Crippen molar-refractivity contribution >= 4 is 34.1 Å². The molecule has 0 aliphatic rings. The predicted molar refractivity (Wildman–Crippen MR) is 109 cm³/mol. The number of H-pyrrole nitrogens is 1. The Labute approximate surface area is 166 Å². The van der Waals surface area contributed by atoms with Gasteiger partial charge in [-0.25, -0.2) is 0 Å². The normalized spacial score (nSPS) is 11.1. The molecule has 0 fully saturated rings. The molecule has 0 aliphatic carbocycles. The Morgan fingerprint density at radius 1 is 1.21 bits per heavy atom. The van der Waals surface area contributed by atoms with Crippen LogP contribution in [0, 0.1) is 0 Å². The number of nitrogens with zero attached hydrogens (tertiary/aromatic N) is 1. The van der Waals surface area contributed by atoms with Crippen LogP contribution < -0.4 is 10.1 Å². The number of nitrogens with one attached hydrogen (secondary N) is 2. The summed E-state index contributed by atoms with van der Waals surface area (Å²) in [5.74, 6) is 0.690. The SMILES string of the molecule is CC(C)Oc1ccc(-c2cc(C(=O)Nc3cccc4[nH]ccc34)no2)cc1Cl. The molecular weight excluding hydrogens is 378 g/mol. The Morgan fingerprint density at radius 3 is 2.86 bits per heavy atom. The van der Waals surface area contributed by atoms with Crippen LogP contribution in [-0.4, -0.2) is 22.2 Å². The number of hydrogen-bond acceptors (Lipinski definition) is 4. The summed E-state index contributed by atoms with van der Waals surface area (Å²) in [6.07, 6.45) is 1.85. The second kappa shape index (κ2) is 7.40. The van der Waals surface area contributed by atoms with Gasteiger partial charge in [0.15, 0.2) is 11.5 Å². The number of rotatable bonds is 5. The average Bonchev–Trinajstić information content (AvgIpc) is 3.33. The summed E-state index contributed by atoms with van der Waals surface area (Å²) in [6, 6.07) is 14.4.